The molecule has 0 atom stereocenters. The number of aryl methyl sites for hydroxylation is 2. The molecular weight excluding hydrogens is 438 g/mol. The van der Waals surface area contributed by atoms with Gasteiger partial charge in [0.05, 0.1) is 4.90 Å². The van der Waals surface area contributed by atoms with Gasteiger partial charge in [-0.25, -0.2) is 18.1 Å². The average Bonchev–Trinajstić information content (AvgIpc) is 3.54. The zero-order valence-electron chi connectivity index (χ0n) is 18.4. The molecule has 1 aliphatic carbocycles. The Kier molecular flexibility index (Phi) is 5.99. The van der Waals surface area contributed by atoms with Crippen molar-refractivity contribution in [3.63, 3.8) is 0 Å². The van der Waals surface area contributed by atoms with E-state index in [2.05, 4.69) is 15.4 Å². The second-order valence-electron chi connectivity index (χ2n) is 8.62. The van der Waals surface area contributed by atoms with Crippen molar-refractivity contribution in [2.75, 3.05) is 13.1 Å². The van der Waals surface area contributed by atoms with Crippen LogP contribution in [0.15, 0.2) is 59.9 Å². The maximum Gasteiger partial charge on any atom is 0.243 e. The number of carbonyl (C=O) groups is 1. The van der Waals surface area contributed by atoms with E-state index in [0.717, 1.165) is 30.4 Å². The van der Waals surface area contributed by atoms with Crippen molar-refractivity contribution >= 4 is 15.9 Å². The van der Waals surface area contributed by atoms with Crippen LogP contribution in [-0.4, -0.2) is 46.5 Å². The molecule has 0 saturated carbocycles. The first-order chi connectivity index (χ1) is 16.0. The molecule has 9 heteroatoms. The number of fused-ring (bicyclic) bond motifs is 1. The van der Waals surface area contributed by atoms with Gasteiger partial charge < -0.3 is 5.32 Å². The number of nitrogens with one attached hydrogen (secondary N) is 1. The van der Waals surface area contributed by atoms with Gasteiger partial charge in [-0.3, -0.25) is 4.79 Å². The highest BCUT2D eigenvalue weighted by molar-refractivity contribution is 7.89. The first-order valence-electron chi connectivity index (χ1n) is 11.4. The zero-order valence-corrected chi connectivity index (χ0v) is 19.2. The van der Waals surface area contributed by atoms with Gasteiger partial charge in [-0.05, 0) is 67.5 Å². The highest BCUT2D eigenvalue weighted by atomic mass is 32.2. The largest absolute Gasteiger partial charge is 0.352 e. The highest BCUT2D eigenvalue weighted by Crippen LogP contribution is 2.28. The van der Waals surface area contributed by atoms with E-state index < -0.39 is 10.0 Å². The lowest BCUT2D eigenvalue weighted by molar-refractivity contribution is -0.126. The number of pyridine rings is 1. The van der Waals surface area contributed by atoms with Crippen LogP contribution in [0.4, 0.5) is 0 Å². The fourth-order valence-electron chi connectivity index (χ4n) is 4.71. The Morgan fingerprint density at radius 1 is 1.06 bits per heavy atom. The molecule has 3 heterocycles. The van der Waals surface area contributed by atoms with Gasteiger partial charge in [0.1, 0.15) is 0 Å². The second-order valence-corrected chi connectivity index (χ2v) is 10.6. The van der Waals surface area contributed by atoms with Crippen LogP contribution >= 0.6 is 0 Å². The van der Waals surface area contributed by atoms with Crippen molar-refractivity contribution in [1.82, 2.24) is 24.4 Å². The Morgan fingerprint density at radius 2 is 1.88 bits per heavy atom. The van der Waals surface area contributed by atoms with Crippen LogP contribution in [0.2, 0.25) is 0 Å². The number of carbonyl (C=O) groups excluding carboxylic acids is 1. The Morgan fingerprint density at radius 3 is 2.67 bits per heavy atom. The molecule has 1 aliphatic heterocycles. The standard InChI is InChI=1S/C24H27N5O3S/c30-24(26-17-21-6-2-11-25-23(21)29-13-3-12-27-29)19-9-14-28(15-10-19)33(31,32)22-8-7-18-4-1-5-20(18)16-22/h2-3,6-8,11-13,16,19H,1,4-5,9-10,14-15,17H2,(H,26,30). The number of hydrogen-bond acceptors (Lipinski definition) is 5. The minimum absolute atomic E-state index is 0.0557. The first kappa shape index (κ1) is 21.8. The second kappa shape index (κ2) is 9.07. The summed E-state index contributed by atoms with van der Waals surface area (Å²) in [5, 5.41) is 7.21. The maximum absolute atomic E-state index is 13.1. The van der Waals surface area contributed by atoms with Crippen molar-refractivity contribution in [3.05, 3.63) is 71.7 Å². The molecule has 172 valence electrons. The molecule has 0 radical (unpaired) electrons. The first-order valence-corrected chi connectivity index (χ1v) is 12.8. The molecule has 3 aromatic rings. The van der Waals surface area contributed by atoms with Crippen molar-refractivity contribution in [2.45, 2.75) is 43.5 Å². The monoisotopic (exact) mass is 465 g/mol. The summed E-state index contributed by atoms with van der Waals surface area (Å²) in [4.78, 5) is 17.5. The molecule has 8 nitrogen and oxygen atoms in total. The third-order valence-electron chi connectivity index (χ3n) is 6.57. The third kappa shape index (κ3) is 4.43. The minimum Gasteiger partial charge on any atom is -0.352 e. The number of sulfonamides is 1. The van der Waals surface area contributed by atoms with E-state index >= 15 is 0 Å². The fourth-order valence-corrected chi connectivity index (χ4v) is 6.23. The normalized spacial score (nSPS) is 17.1. The van der Waals surface area contributed by atoms with Crippen LogP contribution in [0.1, 0.15) is 36.0 Å². The van der Waals surface area contributed by atoms with Gasteiger partial charge in [0.15, 0.2) is 5.82 Å². The quantitative estimate of drug-likeness (QED) is 0.603. The van der Waals surface area contributed by atoms with E-state index in [1.54, 1.807) is 23.1 Å². The molecule has 5 rings (SSSR count). The van der Waals surface area contributed by atoms with E-state index in [1.807, 2.05) is 36.5 Å². The summed E-state index contributed by atoms with van der Waals surface area (Å²) in [6.45, 7) is 1.04. The Hall–Kier alpha value is -3.04. The topological polar surface area (TPSA) is 97.2 Å². The van der Waals surface area contributed by atoms with Gasteiger partial charge in [0, 0.05) is 49.7 Å². The summed E-state index contributed by atoms with van der Waals surface area (Å²) < 4.78 is 29.5. The molecule has 1 N–H and O–H groups in total. The number of hydrogen-bond donors (Lipinski definition) is 1. The van der Waals surface area contributed by atoms with Crippen molar-refractivity contribution in [1.29, 1.82) is 0 Å². The van der Waals surface area contributed by atoms with E-state index in [0.29, 0.717) is 43.2 Å². The predicted molar refractivity (Wildman–Crippen MR) is 123 cm³/mol. The molecule has 0 bridgehead atoms. The number of benzene rings is 1. The van der Waals surface area contributed by atoms with E-state index in [-0.39, 0.29) is 11.8 Å². The molecule has 33 heavy (non-hydrogen) atoms. The van der Waals surface area contributed by atoms with E-state index in [9.17, 15) is 13.2 Å². The van der Waals surface area contributed by atoms with Crippen molar-refractivity contribution < 1.29 is 13.2 Å². The van der Waals surface area contributed by atoms with Crippen molar-refractivity contribution in [2.24, 2.45) is 5.92 Å². The van der Waals surface area contributed by atoms with Gasteiger partial charge in [0.25, 0.3) is 0 Å². The van der Waals surface area contributed by atoms with Crippen LogP contribution in [-0.2, 0) is 34.2 Å². The molecule has 0 spiro atoms. The van der Waals surface area contributed by atoms with Gasteiger partial charge in [-0.15, -0.1) is 0 Å². The third-order valence-corrected chi connectivity index (χ3v) is 8.47. The van der Waals surface area contributed by atoms with E-state index in [4.69, 9.17) is 0 Å². The molecule has 1 saturated heterocycles. The Labute approximate surface area is 193 Å². The van der Waals surface area contributed by atoms with Crippen LogP contribution < -0.4 is 5.32 Å². The SMILES string of the molecule is O=C(NCc1cccnc1-n1cccn1)C1CCN(S(=O)(=O)c2ccc3c(c2)CCC3)CC1. The lowest BCUT2D eigenvalue weighted by atomic mass is 9.97. The summed E-state index contributed by atoms with van der Waals surface area (Å²) in [6, 6.07) is 11.1. The number of aromatic nitrogens is 3. The average molecular weight is 466 g/mol. The van der Waals surface area contributed by atoms with Crippen LogP contribution in [0.5, 0.6) is 0 Å². The number of nitrogens with zero attached hydrogens (tertiary/aromatic N) is 4. The zero-order chi connectivity index (χ0) is 22.8. The van der Waals surface area contributed by atoms with E-state index in [1.165, 1.54) is 9.87 Å². The summed E-state index contributed by atoms with van der Waals surface area (Å²) >= 11 is 0. The summed E-state index contributed by atoms with van der Waals surface area (Å²) in [7, 11) is -3.54. The van der Waals surface area contributed by atoms with Crippen LogP contribution in [0.25, 0.3) is 5.82 Å². The molecule has 1 fully saturated rings. The van der Waals surface area contributed by atoms with Crippen LogP contribution in [0.3, 0.4) is 0 Å². The smallest absolute Gasteiger partial charge is 0.243 e. The van der Waals surface area contributed by atoms with Gasteiger partial charge >= 0.3 is 0 Å². The summed E-state index contributed by atoms with van der Waals surface area (Å²) in [5.41, 5.74) is 3.27. The predicted octanol–water partition coefficient (Wildman–Crippen LogP) is 2.47. The maximum atomic E-state index is 13.1. The Bertz CT molecular complexity index is 1250. The van der Waals surface area contributed by atoms with Gasteiger partial charge in [-0.2, -0.15) is 9.40 Å². The number of rotatable bonds is 6. The lowest BCUT2D eigenvalue weighted by Crippen LogP contribution is -2.42. The molecule has 1 amide bonds. The summed E-state index contributed by atoms with van der Waals surface area (Å²) in [5.74, 6) is 0.416. The fraction of sp³-hybridized carbons (Fsp3) is 0.375. The number of piperidine rings is 1. The Balaban J connectivity index is 1.19. The van der Waals surface area contributed by atoms with Gasteiger partial charge in [-0.1, -0.05) is 12.1 Å². The van der Waals surface area contributed by atoms with Gasteiger partial charge in [0.2, 0.25) is 15.9 Å². The number of amides is 1. The summed E-state index contributed by atoms with van der Waals surface area (Å²) in [6.07, 6.45) is 9.26. The molecule has 2 aliphatic rings. The molecule has 0 unspecified atom stereocenters. The molecule has 1 aromatic carbocycles. The van der Waals surface area contributed by atoms with Crippen LogP contribution in [0, 0.1) is 5.92 Å². The molecule has 2 aromatic heterocycles. The highest BCUT2D eigenvalue weighted by Gasteiger charge is 2.32. The molecular formula is C24H27N5O3S. The van der Waals surface area contributed by atoms with Crippen molar-refractivity contribution in [3.8, 4) is 5.82 Å². The minimum atomic E-state index is -3.54. The lowest BCUT2D eigenvalue weighted by Gasteiger charge is -2.30.